The van der Waals surface area contributed by atoms with Crippen LogP contribution in [0.25, 0.3) is 0 Å². The second kappa shape index (κ2) is 1.69. The van der Waals surface area contributed by atoms with Gasteiger partial charge in [0.05, 0.1) is 6.61 Å². The SMILES string of the molecule is O=C1Nc2ccccc2C12CO2. The molecule has 2 aliphatic rings. The molecule has 0 bridgehead atoms. The van der Waals surface area contributed by atoms with Crippen LogP contribution in [0.2, 0.25) is 0 Å². The summed E-state index contributed by atoms with van der Waals surface area (Å²) < 4.78 is 5.18. The quantitative estimate of drug-likeness (QED) is 0.573. The first-order valence-electron chi connectivity index (χ1n) is 3.88. The van der Waals surface area contributed by atoms with E-state index in [1.807, 2.05) is 24.3 Å². The maximum absolute atomic E-state index is 11.4. The Morgan fingerprint density at radius 2 is 2.17 bits per heavy atom. The Kier molecular flexibility index (Phi) is 0.875. The minimum atomic E-state index is -0.614. The van der Waals surface area contributed by atoms with Gasteiger partial charge in [0.15, 0.2) is 5.60 Å². The zero-order valence-electron chi connectivity index (χ0n) is 6.33. The Hall–Kier alpha value is -1.35. The molecule has 60 valence electrons. The van der Waals surface area contributed by atoms with Gasteiger partial charge >= 0.3 is 0 Å². The van der Waals surface area contributed by atoms with Crippen LogP contribution in [0, 0.1) is 0 Å². The molecule has 1 spiro atoms. The smallest absolute Gasteiger partial charge is 0.263 e. The van der Waals surface area contributed by atoms with Crippen molar-refractivity contribution in [2.24, 2.45) is 0 Å². The predicted octanol–water partition coefficient (Wildman–Crippen LogP) is 0.864. The van der Waals surface area contributed by atoms with Gasteiger partial charge in [-0.2, -0.15) is 0 Å². The van der Waals surface area contributed by atoms with Gasteiger partial charge in [-0.05, 0) is 6.07 Å². The lowest BCUT2D eigenvalue weighted by atomic mass is 10.0. The van der Waals surface area contributed by atoms with Gasteiger partial charge in [0.1, 0.15) is 0 Å². The van der Waals surface area contributed by atoms with Gasteiger partial charge in [0.25, 0.3) is 5.91 Å². The Bertz CT molecular complexity index is 369. The lowest BCUT2D eigenvalue weighted by molar-refractivity contribution is -0.120. The Morgan fingerprint density at radius 1 is 1.42 bits per heavy atom. The van der Waals surface area contributed by atoms with Gasteiger partial charge < -0.3 is 10.1 Å². The van der Waals surface area contributed by atoms with Gasteiger partial charge in [-0.3, -0.25) is 4.79 Å². The van der Waals surface area contributed by atoms with Crippen molar-refractivity contribution >= 4 is 11.6 Å². The van der Waals surface area contributed by atoms with Crippen molar-refractivity contribution in [2.45, 2.75) is 5.60 Å². The molecule has 2 heterocycles. The van der Waals surface area contributed by atoms with E-state index in [0.29, 0.717) is 6.61 Å². The summed E-state index contributed by atoms with van der Waals surface area (Å²) in [5, 5.41) is 2.79. The molecular formula is C9H7NO2. The Morgan fingerprint density at radius 3 is 2.92 bits per heavy atom. The summed E-state index contributed by atoms with van der Waals surface area (Å²) in [7, 11) is 0. The molecule has 1 unspecified atom stereocenters. The predicted molar refractivity (Wildman–Crippen MR) is 42.7 cm³/mol. The van der Waals surface area contributed by atoms with Gasteiger partial charge in [-0.1, -0.05) is 18.2 Å². The third-order valence-electron chi connectivity index (χ3n) is 2.41. The van der Waals surface area contributed by atoms with Crippen molar-refractivity contribution in [2.75, 3.05) is 11.9 Å². The van der Waals surface area contributed by atoms with Crippen molar-refractivity contribution in [3.8, 4) is 0 Å². The molecule has 3 rings (SSSR count). The number of epoxide rings is 1. The largest absolute Gasteiger partial charge is 0.354 e. The molecule has 1 N–H and O–H groups in total. The minimum Gasteiger partial charge on any atom is -0.354 e. The number of ether oxygens (including phenoxy) is 1. The number of para-hydroxylation sites is 1. The molecule has 0 saturated carbocycles. The number of amides is 1. The number of rotatable bonds is 0. The highest BCUT2D eigenvalue weighted by molar-refractivity contribution is 6.06. The highest BCUT2D eigenvalue weighted by Gasteiger charge is 2.58. The fourth-order valence-corrected chi connectivity index (χ4v) is 1.65. The molecule has 12 heavy (non-hydrogen) atoms. The number of carbonyl (C=O) groups is 1. The van der Waals surface area contributed by atoms with E-state index in [-0.39, 0.29) is 5.91 Å². The van der Waals surface area contributed by atoms with Crippen LogP contribution in [0.1, 0.15) is 5.56 Å². The van der Waals surface area contributed by atoms with Crippen LogP contribution >= 0.6 is 0 Å². The molecule has 3 heteroatoms. The fraction of sp³-hybridized carbons (Fsp3) is 0.222. The van der Waals surface area contributed by atoms with Crippen LogP contribution in [-0.4, -0.2) is 12.5 Å². The zero-order chi connectivity index (χ0) is 8.18. The monoisotopic (exact) mass is 161 g/mol. The third kappa shape index (κ3) is 0.539. The number of fused-ring (bicyclic) bond motifs is 2. The van der Waals surface area contributed by atoms with E-state index >= 15 is 0 Å². The summed E-state index contributed by atoms with van der Waals surface area (Å²) in [5.74, 6) is -0.0244. The van der Waals surface area contributed by atoms with Gasteiger partial charge in [-0.15, -0.1) is 0 Å². The van der Waals surface area contributed by atoms with E-state index in [9.17, 15) is 4.79 Å². The van der Waals surface area contributed by atoms with E-state index in [1.54, 1.807) is 0 Å². The summed E-state index contributed by atoms with van der Waals surface area (Å²) in [5.41, 5.74) is 1.26. The van der Waals surface area contributed by atoms with Crippen LogP contribution in [0.5, 0.6) is 0 Å². The van der Waals surface area contributed by atoms with Crippen LogP contribution in [0.4, 0.5) is 5.69 Å². The van der Waals surface area contributed by atoms with E-state index in [4.69, 9.17) is 4.74 Å². The molecule has 2 aliphatic heterocycles. The number of benzene rings is 1. The van der Waals surface area contributed by atoms with Crippen molar-refractivity contribution in [3.05, 3.63) is 29.8 Å². The first-order valence-corrected chi connectivity index (χ1v) is 3.88. The van der Waals surface area contributed by atoms with Crippen LogP contribution in [-0.2, 0) is 15.1 Å². The Labute approximate surface area is 69.3 Å². The summed E-state index contributed by atoms with van der Waals surface area (Å²) in [4.78, 5) is 11.4. The van der Waals surface area contributed by atoms with Gasteiger partial charge in [0.2, 0.25) is 0 Å². The van der Waals surface area contributed by atoms with Crippen molar-refractivity contribution < 1.29 is 9.53 Å². The highest BCUT2D eigenvalue weighted by Crippen LogP contribution is 2.47. The average molecular weight is 161 g/mol. The maximum Gasteiger partial charge on any atom is 0.263 e. The van der Waals surface area contributed by atoms with Gasteiger partial charge in [-0.25, -0.2) is 0 Å². The number of hydrogen-bond donors (Lipinski definition) is 1. The lowest BCUT2D eigenvalue weighted by Gasteiger charge is -1.97. The first kappa shape index (κ1) is 6.20. The molecule has 1 amide bonds. The average Bonchev–Trinajstić information content (AvgIpc) is 2.80. The molecule has 1 fully saturated rings. The van der Waals surface area contributed by atoms with Gasteiger partial charge in [0, 0.05) is 11.3 Å². The van der Waals surface area contributed by atoms with Crippen molar-refractivity contribution in [1.29, 1.82) is 0 Å². The molecule has 0 aliphatic carbocycles. The van der Waals surface area contributed by atoms with Crippen LogP contribution in [0.3, 0.4) is 0 Å². The summed E-state index contributed by atoms with van der Waals surface area (Å²) in [6.45, 7) is 0.524. The zero-order valence-corrected chi connectivity index (χ0v) is 6.33. The van der Waals surface area contributed by atoms with Crippen LogP contribution < -0.4 is 5.32 Å². The van der Waals surface area contributed by atoms with E-state index in [0.717, 1.165) is 11.3 Å². The lowest BCUT2D eigenvalue weighted by Crippen LogP contribution is -2.20. The second-order valence-electron chi connectivity index (χ2n) is 3.12. The van der Waals surface area contributed by atoms with E-state index in [2.05, 4.69) is 5.32 Å². The van der Waals surface area contributed by atoms with E-state index < -0.39 is 5.60 Å². The standard InChI is InChI=1S/C9H7NO2/c11-8-9(5-12-9)6-3-1-2-4-7(6)10-8/h1-4H,5H2,(H,10,11). The number of carbonyl (C=O) groups excluding carboxylic acids is 1. The number of nitrogens with one attached hydrogen (secondary N) is 1. The third-order valence-corrected chi connectivity index (χ3v) is 2.41. The fourth-order valence-electron chi connectivity index (χ4n) is 1.65. The summed E-state index contributed by atoms with van der Waals surface area (Å²) in [6, 6.07) is 7.65. The Balaban J connectivity index is 2.26. The normalized spacial score (nSPS) is 30.2. The topological polar surface area (TPSA) is 41.6 Å². The summed E-state index contributed by atoms with van der Waals surface area (Å²) >= 11 is 0. The molecule has 0 aromatic heterocycles. The summed E-state index contributed by atoms with van der Waals surface area (Å²) in [6.07, 6.45) is 0. The van der Waals surface area contributed by atoms with E-state index in [1.165, 1.54) is 0 Å². The van der Waals surface area contributed by atoms with Crippen LogP contribution in [0.15, 0.2) is 24.3 Å². The second-order valence-corrected chi connectivity index (χ2v) is 3.12. The highest BCUT2D eigenvalue weighted by atomic mass is 16.6. The molecule has 1 aromatic rings. The number of hydrogen-bond acceptors (Lipinski definition) is 2. The molecule has 1 saturated heterocycles. The minimum absolute atomic E-state index is 0.0244. The molecule has 1 aromatic carbocycles. The van der Waals surface area contributed by atoms with Crippen molar-refractivity contribution in [1.82, 2.24) is 0 Å². The molecule has 1 atom stereocenters. The van der Waals surface area contributed by atoms with Crippen molar-refractivity contribution in [3.63, 3.8) is 0 Å². The maximum atomic E-state index is 11.4. The molecular weight excluding hydrogens is 154 g/mol. The number of anilines is 1. The molecule has 0 radical (unpaired) electrons. The molecule has 3 nitrogen and oxygen atoms in total. The first-order chi connectivity index (χ1) is 5.83.